The minimum atomic E-state index is -1.40. The molecule has 0 radical (unpaired) electrons. The van der Waals surface area contributed by atoms with E-state index in [1.807, 2.05) is 30.5 Å². The van der Waals surface area contributed by atoms with Crippen molar-refractivity contribution >= 4 is 57.9 Å². The Hall–Kier alpha value is -4.95. The Labute approximate surface area is 342 Å². The van der Waals surface area contributed by atoms with Crippen LogP contribution in [0.1, 0.15) is 81.8 Å². The lowest BCUT2D eigenvalue weighted by Crippen LogP contribution is -2.65. The number of amides is 6. The van der Waals surface area contributed by atoms with Gasteiger partial charge in [0.2, 0.25) is 35.4 Å². The third-order valence-electron chi connectivity index (χ3n) is 13.2. The van der Waals surface area contributed by atoms with E-state index in [4.69, 9.17) is 11.6 Å². The van der Waals surface area contributed by atoms with Crippen LogP contribution in [0.4, 0.5) is 0 Å². The molecule has 3 aromatic rings. The van der Waals surface area contributed by atoms with Crippen LogP contribution in [0.15, 0.2) is 54.7 Å². The minimum absolute atomic E-state index is 0.0219. The van der Waals surface area contributed by atoms with Gasteiger partial charge in [-0.25, -0.2) is 0 Å². The molecule has 5 fully saturated rings. The lowest BCUT2D eigenvalue weighted by molar-refractivity contribution is -0.150. The maximum Gasteiger partial charge on any atom is 0.248 e. The smallest absolute Gasteiger partial charge is 0.248 e. The molecule has 7 atom stereocenters. The third kappa shape index (κ3) is 7.80. The number of hydrogen-bond acceptors (Lipinski definition) is 7. The number of para-hydroxylation sites is 1. The fraction of sp³-hybridized carbons (Fsp3) is 0.535. The fourth-order valence-electron chi connectivity index (χ4n) is 10.2. The molecule has 2 aromatic carbocycles. The molecule has 4 heterocycles. The summed E-state index contributed by atoms with van der Waals surface area (Å²) in [7, 11) is 0. The van der Waals surface area contributed by atoms with E-state index in [-0.39, 0.29) is 37.3 Å². The highest BCUT2D eigenvalue weighted by molar-refractivity contribution is 6.30. The molecule has 1 aromatic heterocycles. The monoisotopic (exact) mass is 813 g/mol. The molecular formula is C43H52ClN7O7. The van der Waals surface area contributed by atoms with Gasteiger partial charge in [0.25, 0.3) is 0 Å². The summed E-state index contributed by atoms with van der Waals surface area (Å²) >= 11 is 6.15. The van der Waals surface area contributed by atoms with E-state index < -0.39 is 71.9 Å². The predicted octanol–water partition coefficient (Wildman–Crippen LogP) is 2.65. The first-order valence-corrected chi connectivity index (χ1v) is 21.2. The Morgan fingerprint density at radius 1 is 0.724 bits per heavy atom. The topological polar surface area (TPSA) is 193 Å². The number of carbonyl (C=O) groups is 6. The third-order valence-corrected chi connectivity index (χ3v) is 13.5. The van der Waals surface area contributed by atoms with Crippen LogP contribution in [-0.2, 0) is 41.6 Å². The van der Waals surface area contributed by atoms with Crippen molar-refractivity contribution in [2.75, 3.05) is 13.2 Å². The van der Waals surface area contributed by atoms with Crippen molar-refractivity contribution in [2.45, 2.75) is 125 Å². The van der Waals surface area contributed by atoms with E-state index in [1.165, 1.54) is 4.90 Å². The molecule has 308 valence electrons. The number of rotatable bonds is 5. The van der Waals surface area contributed by atoms with Crippen molar-refractivity contribution in [1.82, 2.24) is 36.1 Å². The molecule has 8 rings (SSSR count). The molecule has 2 saturated carbocycles. The lowest BCUT2D eigenvalue weighted by Gasteiger charge is -2.38. The van der Waals surface area contributed by atoms with Gasteiger partial charge < -0.3 is 41.2 Å². The van der Waals surface area contributed by atoms with Crippen LogP contribution in [0.25, 0.3) is 10.9 Å². The van der Waals surface area contributed by atoms with Gasteiger partial charge in [0, 0.05) is 47.6 Å². The summed E-state index contributed by atoms with van der Waals surface area (Å²) in [6, 6.07) is 8.80. The Kier molecular flexibility index (Phi) is 11.5. The molecule has 14 nitrogen and oxygen atoms in total. The van der Waals surface area contributed by atoms with E-state index in [0.29, 0.717) is 55.5 Å². The summed E-state index contributed by atoms with van der Waals surface area (Å²) in [4.78, 5) is 93.5. The van der Waals surface area contributed by atoms with Gasteiger partial charge in [-0.1, -0.05) is 67.6 Å². The largest absolute Gasteiger partial charge is 0.394 e. The first-order chi connectivity index (χ1) is 28.0. The highest BCUT2D eigenvalue weighted by Crippen LogP contribution is 2.41. The normalized spacial score (nSPS) is 29.6. The van der Waals surface area contributed by atoms with Crippen LogP contribution in [0.5, 0.6) is 0 Å². The number of H-pyrrole nitrogens is 1. The summed E-state index contributed by atoms with van der Waals surface area (Å²) in [6.07, 6.45) is 8.62. The Balaban J connectivity index is 1.19. The number of aliphatic hydroxyl groups is 1. The second kappa shape index (κ2) is 16.7. The van der Waals surface area contributed by atoms with Gasteiger partial charge in [0.05, 0.1) is 6.61 Å². The second-order valence-corrected chi connectivity index (χ2v) is 17.2. The molecule has 6 amide bonds. The number of aliphatic hydroxyl groups excluding tert-OH is 1. The molecule has 0 unspecified atom stereocenters. The van der Waals surface area contributed by atoms with Crippen molar-refractivity contribution in [3.8, 4) is 0 Å². The minimum Gasteiger partial charge on any atom is -0.394 e. The molecule has 2 aliphatic carbocycles. The molecule has 5 aliphatic rings. The fourth-order valence-corrected chi connectivity index (χ4v) is 10.3. The summed E-state index contributed by atoms with van der Waals surface area (Å²) in [5.41, 5.74) is 0.950. The van der Waals surface area contributed by atoms with Crippen molar-refractivity contribution in [1.29, 1.82) is 0 Å². The van der Waals surface area contributed by atoms with E-state index >= 15 is 0 Å². The number of benzene rings is 2. The number of aromatic amines is 1. The molecular weight excluding hydrogens is 762 g/mol. The lowest BCUT2D eigenvalue weighted by atomic mass is 9.84. The summed E-state index contributed by atoms with van der Waals surface area (Å²) in [5.74, 6) is -3.11. The number of aromatic nitrogens is 1. The first-order valence-electron chi connectivity index (χ1n) is 20.8. The number of nitrogens with one attached hydrogen (secondary N) is 5. The van der Waals surface area contributed by atoms with Gasteiger partial charge in [0.1, 0.15) is 35.7 Å². The highest BCUT2D eigenvalue weighted by atomic mass is 35.5. The quantitative estimate of drug-likeness (QED) is 0.228. The van der Waals surface area contributed by atoms with Crippen LogP contribution in [-0.4, -0.2) is 110 Å². The average molecular weight is 814 g/mol. The zero-order valence-corrected chi connectivity index (χ0v) is 33.3. The second-order valence-electron chi connectivity index (χ2n) is 16.8. The molecule has 3 aliphatic heterocycles. The number of hydrogen-bond donors (Lipinski definition) is 6. The summed E-state index contributed by atoms with van der Waals surface area (Å²) in [5, 5.41) is 23.6. The van der Waals surface area contributed by atoms with Gasteiger partial charge in [-0.15, -0.1) is 0 Å². The van der Waals surface area contributed by atoms with Crippen molar-refractivity contribution < 1.29 is 33.9 Å². The van der Waals surface area contributed by atoms with Crippen LogP contribution in [0.2, 0.25) is 5.02 Å². The van der Waals surface area contributed by atoms with E-state index in [1.54, 1.807) is 29.2 Å². The maximum atomic E-state index is 14.8. The van der Waals surface area contributed by atoms with Gasteiger partial charge in [-0.2, -0.15) is 0 Å². The maximum absolute atomic E-state index is 14.8. The Morgan fingerprint density at radius 3 is 2.22 bits per heavy atom. The molecule has 0 bridgehead atoms. The van der Waals surface area contributed by atoms with E-state index in [2.05, 4.69) is 26.3 Å². The standard InChI is InChI=1S/C43H52ClN7O7/c44-28-15-13-25(14-16-28)20-31-37(53)47-33(24-52)40(56)50-19-7-12-35(50)41(57)51-34-11-4-1-8-26(34)22-36(51)39(55)46-32(21-27-23-45-30-10-3-2-9-29(27)30)38(54)49-43(42(58)48-31)17-5-6-18-43/h2-3,9-10,13-16,23,26,31-36,45,52H,1,4-8,11-12,17-22,24H2,(H,46,55)(H,47,53)(H,48,58)(H,49,54)/t26-,31-,32-,33-,34-,35+,36-/m0/s1. The number of carbonyl (C=O) groups excluding carboxylic acids is 6. The van der Waals surface area contributed by atoms with Gasteiger partial charge in [-0.05, 0) is 80.2 Å². The zero-order chi connectivity index (χ0) is 40.6. The van der Waals surface area contributed by atoms with Crippen molar-refractivity contribution in [3.63, 3.8) is 0 Å². The van der Waals surface area contributed by atoms with Gasteiger partial charge in [-0.3, -0.25) is 28.8 Å². The zero-order valence-electron chi connectivity index (χ0n) is 32.5. The molecule has 3 saturated heterocycles. The first kappa shape index (κ1) is 39.9. The Bertz CT molecular complexity index is 2070. The number of fused-ring (bicyclic) bond motifs is 5. The molecule has 58 heavy (non-hydrogen) atoms. The van der Waals surface area contributed by atoms with Gasteiger partial charge in [0.15, 0.2) is 0 Å². The van der Waals surface area contributed by atoms with E-state index in [0.717, 1.165) is 42.1 Å². The van der Waals surface area contributed by atoms with Crippen LogP contribution in [0, 0.1) is 5.92 Å². The van der Waals surface area contributed by atoms with Crippen LogP contribution >= 0.6 is 11.6 Å². The van der Waals surface area contributed by atoms with Crippen molar-refractivity contribution in [3.05, 3.63) is 70.9 Å². The average Bonchev–Trinajstić information content (AvgIpc) is 4.06. The number of nitrogens with zero attached hydrogens (tertiary/aromatic N) is 2. The van der Waals surface area contributed by atoms with Crippen molar-refractivity contribution in [2.24, 2.45) is 5.92 Å². The molecule has 15 heteroatoms. The SMILES string of the molecule is O=C1NC2(CCCC2)C(=O)N[C@@H](Cc2ccc(Cl)cc2)C(=O)N[C@@H](CO)C(=O)N2CCC[C@@H]2C(=O)N2[C@@H](C[C@@H]3CCCC[C@@H]32)C(=O)N[C@H]1Cc1c[nH]c2ccccc12. The Morgan fingerprint density at radius 2 is 1.45 bits per heavy atom. The highest BCUT2D eigenvalue weighted by Gasteiger charge is 2.52. The van der Waals surface area contributed by atoms with Gasteiger partial charge >= 0.3 is 0 Å². The van der Waals surface area contributed by atoms with Crippen LogP contribution < -0.4 is 21.3 Å². The predicted molar refractivity (Wildman–Crippen MR) is 215 cm³/mol. The molecule has 1 spiro atoms. The molecule has 6 N–H and O–H groups in total. The van der Waals surface area contributed by atoms with E-state index in [9.17, 15) is 33.9 Å². The number of halogens is 1. The van der Waals surface area contributed by atoms with Crippen LogP contribution in [0.3, 0.4) is 0 Å². The summed E-state index contributed by atoms with van der Waals surface area (Å²) in [6.45, 7) is -0.498. The summed E-state index contributed by atoms with van der Waals surface area (Å²) < 4.78 is 0.